The highest BCUT2D eigenvalue weighted by Crippen LogP contribution is 2.19. The molecular formula is C10H22BrN. The molecule has 0 amide bonds. The number of hydrogen-bond donors (Lipinski definition) is 0. The summed E-state index contributed by atoms with van der Waals surface area (Å²) in [6, 6.07) is 0.906. The molecule has 0 saturated carbocycles. The summed E-state index contributed by atoms with van der Waals surface area (Å²) < 4.78 is 0. The second-order valence-corrected chi connectivity index (χ2v) is 3.77. The first-order valence-corrected chi connectivity index (χ1v) is 5.05. The van der Waals surface area contributed by atoms with Crippen molar-refractivity contribution in [2.75, 3.05) is 13.6 Å². The van der Waals surface area contributed by atoms with Crippen LogP contribution >= 0.6 is 17.0 Å². The molecule has 0 spiro atoms. The molecule has 1 heterocycles. The van der Waals surface area contributed by atoms with Gasteiger partial charge in [-0.25, -0.2) is 0 Å². The zero-order chi connectivity index (χ0) is 8.10. The highest BCUT2D eigenvalue weighted by molar-refractivity contribution is 8.93. The fourth-order valence-electron chi connectivity index (χ4n) is 1.95. The van der Waals surface area contributed by atoms with E-state index in [1.54, 1.807) is 0 Å². The maximum Gasteiger partial charge on any atom is 0.00922 e. The van der Waals surface area contributed by atoms with Crippen molar-refractivity contribution in [2.24, 2.45) is 0 Å². The molecule has 74 valence electrons. The lowest BCUT2D eigenvalue weighted by molar-refractivity contribution is 0.173. The van der Waals surface area contributed by atoms with E-state index in [2.05, 4.69) is 18.9 Å². The highest BCUT2D eigenvalue weighted by atomic mass is 79.9. The fraction of sp³-hybridized carbons (Fsp3) is 1.00. The third-order valence-corrected chi connectivity index (χ3v) is 2.81. The van der Waals surface area contributed by atoms with Crippen molar-refractivity contribution in [3.8, 4) is 0 Å². The van der Waals surface area contributed by atoms with Crippen LogP contribution < -0.4 is 0 Å². The van der Waals surface area contributed by atoms with Crippen molar-refractivity contribution < 1.29 is 0 Å². The first-order valence-electron chi connectivity index (χ1n) is 5.05. The first-order chi connectivity index (χ1) is 5.34. The summed E-state index contributed by atoms with van der Waals surface area (Å²) in [5.41, 5.74) is 0. The molecule has 1 atom stereocenters. The molecular weight excluding hydrogens is 214 g/mol. The van der Waals surface area contributed by atoms with E-state index < -0.39 is 0 Å². The van der Waals surface area contributed by atoms with Crippen LogP contribution in [-0.4, -0.2) is 24.5 Å². The zero-order valence-corrected chi connectivity index (χ0v) is 10.1. The molecule has 0 bridgehead atoms. The van der Waals surface area contributed by atoms with Gasteiger partial charge in [0.25, 0.3) is 0 Å². The molecule has 1 saturated heterocycles. The Morgan fingerprint density at radius 2 is 2.08 bits per heavy atom. The van der Waals surface area contributed by atoms with Gasteiger partial charge >= 0.3 is 0 Å². The Labute approximate surface area is 87.3 Å². The second kappa shape index (κ2) is 6.90. The molecule has 12 heavy (non-hydrogen) atoms. The summed E-state index contributed by atoms with van der Waals surface area (Å²) in [4.78, 5) is 2.54. The van der Waals surface area contributed by atoms with Crippen molar-refractivity contribution >= 4 is 17.0 Å². The number of halogens is 1. The van der Waals surface area contributed by atoms with E-state index in [0.717, 1.165) is 6.04 Å². The Hall–Kier alpha value is 0.440. The van der Waals surface area contributed by atoms with Crippen LogP contribution in [0.15, 0.2) is 0 Å². The number of nitrogens with zero attached hydrogens (tertiary/aromatic N) is 1. The molecule has 0 N–H and O–H groups in total. The van der Waals surface area contributed by atoms with Gasteiger partial charge in [0, 0.05) is 6.04 Å². The average Bonchev–Trinajstić information content (AvgIpc) is 2.03. The summed E-state index contributed by atoms with van der Waals surface area (Å²) >= 11 is 0. The van der Waals surface area contributed by atoms with Crippen LogP contribution in [0, 0.1) is 0 Å². The second-order valence-electron chi connectivity index (χ2n) is 3.77. The molecule has 1 nitrogen and oxygen atoms in total. The number of likely N-dealkylation sites (tertiary alicyclic amines) is 1. The minimum atomic E-state index is 0. The molecule has 0 aromatic carbocycles. The van der Waals surface area contributed by atoms with Crippen molar-refractivity contribution in [3.63, 3.8) is 0 Å². The van der Waals surface area contributed by atoms with E-state index in [1.807, 2.05) is 0 Å². The molecule has 0 radical (unpaired) electrons. The predicted molar refractivity (Wildman–Crippen MR) is 60.1 cm³/mol. The van der Waals surface area contributed by atoms with Crippen LogP contribution in [0.3, 0.4) is 0 Å². The summed E-state index contributed by atoms with van der Waals surface area (Å²) in [6.07, 6.45) is 8.50. The lowest BCUT2D eigenvalue weighted by atomic mass is 9.98. The lowest BCUT2D eigenvalue weighted by Gasteiger charge is -2.32. The van der Waals surface area contributed by atoms with Gasteiger partial charge in [-0.2, -0.15) is 0 Å². The molecule has 0 aromatic rings. The molecule has 1 aliphatic rings. The van der Waals surface area contributed by atoms with Gasteiger partial charge in [-0.3, -0.25) is 0 Å². The molecule has 1 aliphatic heterocycles. The summed E-state index contributed by atoms with van der Waals surface area (Å²) in [5, 5.41) is 0. The molecule has 0 aromatic heterocycles. The first kappa shape index (κ1) is 12.4. The van der Waals surface area contributed by atoms with E-state index >= 15 is 0 Å². The standard InChI is InChI=1S/C10H21N.BrH/c1-3-4-7-10-8-5-6-9-11(10)2;/h10H,3-9H2,1-2H3;1H. The van der Waals surface area contributed by atoms with Gasteiger partial charge in [0.15, 0.2) is 0 Å². The number of rotatable bonds is 3. The smallest absolute Gasteiger partial charge is 0.00922 e. The van der Waals surface area contributed by atoms with Crippen molar-refractivity contribution in [2.45, 2.75) is 51.5 Å². The summed E-state index contributed by atoms with van der Waals surface area (Å²) in [6.45, 7) is 3.61. The molecule has 1 fully saturated rings. The van der Waals surface area contributed by atoms with Crippen LogP contribution in [0.2, 0.25) is 0 Å². The Kier molecular flexibility index (Phi) is 7.16. The quantitative estimate of drug-likeness (QED) is 0.727. The van der Waals surface area contributed by atoms with Gasteiger partial charge in [-0.05, 0) is 32.9 Å². The largest absolute Gasteiger partial charge is 0.303 e. The van der Waals surface area contributed by atoms with Crippen LogP contribution in [0.4, 0.5) is 0 Å². The monoisotopic (exact) mass is 235 g/mol. The zero-order valence-electron chi connectivity index (χ0n) is 8.38. The van der Waals surface area contributed by atoms with E-state index in [1.165, 1.54) is 45.1 Å². The highest BCUT2D eigenvalue weighted by Gasteiger charge is 2.17. The molecule has 0 aliphatic carbocycles. The third kappa shape index (κ3) is 3.90. The van der Waals surface area contributed by atoms with Gasteiger partial charge in [0.2, 0.25) is 0 Å². The Morgan fingerprint density at radius 3 is 2.67 bits per heavy atom. The van der Waals surface area contributed by atoms with Gasteiger partial charge in [-0.1, -0.05) is 26.2 Å². The van der Waals surface area contributed by atoms with Crippen LogP contribution in [-0.2, 0) is 0 Å². The van der Waals surface area contributed by atoms with E-state index in [9.17, 15) is 0 Å². The lowest BCUT2D eigenvalue weighted by Crippen LogP contribution is -2.35. The van der Waals surface area contributed by atoms with E-state index in [4.69, 9.17) is 0 Å². The van der Waals surface area contributed by atoms with Gasteiger partial charge in [-0.15, -0.1) is 17.0 Å². The fourth-order valence-corrected chi connectivity index (χ4v) is 1.95. The van der Waals surface area contributed by atoms with Gasteiger partial charge in [0.05, 0.1) is 0 Å². The minimum absolute atomic E-state index is 0. The normalized spacial score (nSPS) is 25.0. The molecule has 2 heteroatoms. The summed E-state index contributed by atoms with van der Waals surface area (Å²) in [5.74, 6) is 0. The van der Waals surface area contributed by atoms with Crippen LogP contribution in [0.25, 0.3) is 0 Å². The average molecular weight is 236 g/mol. The SMILES string of the molecule is Br.CCCCC1CCCCN1C. The Bertz CT molecular complexity index is 106. The van der Waals surface area contributed by atoms with Crippen molar-refractivity contribution in [1.82, 2.24) is 4.90 Å². The Balaban J connectivity index is 0.00000121. The number of unbranched alkanes of at least 4 members (excludes halogenated alkanes) is 1. The van der Waals surface area contributed by atoms with Crippen LogP contribution in [0.5, 0.6) is 0 Å². The van der Waals surface area contributed by atoms with Crippen molar-refractivity contribution in [1.29, 1.82) is 0 Å². The predicted octanol–water partition coefficient (Wildman–Crippen LogP) is 3.24. The van der Waals surface area contributed by atoms with Crippen molar-refractivity contribution in [3.05, 3.63) is 0 Å². The maximum absolute atomic E-state index is 2.54. The van der Waals surface area contributed by atoms with Gasteiger partial charge in [0.1, 0.15) is 0 Å². The Morgan fingerprint density at radius 1 is 1.33 bits per heavy atom. The topological polar surface area (TPSA) is 3.24 Å². The molecule has 1 unspecified atom stereocenters. The third-order valence-electron chi connectivity index (χ3n) is 2.81. The molecule has 1 rings (SSSR count). The van der Waals surface area contributed by atoms with E-state index in [0.29, 0.717) is 0 Å². The maximum atomic E-state index is 2.54. The number of hydrogen-bond acceptors (Lipinski definition) is 1. The van der Waals surface area contributed by atoms with E-state index in [-0.39, 0.29) is 17.0 Å². The minimum Gasteiger partial charge on any atom is -0.303 e. The van der Waals surface area contributed by atoms with Gasteiger partial charge < -0.3 is 4.90 Å². The number of piperidine rings is 1. The van der Waals surface area contributed by atoms with Crippen LogP contribution in [0.1, 0.15) is 45.4 Å². The summed E-state index contributed by atoms with van der Waals surface area (Å²) in [7, 11) is 2.28.